The monoisotopic (exact) mass is 239 g/mol. The quantitative estimate of drug-likeness (QED) is 0.735. The minimum atomic E-state index is -2.88. The van der Waals surface area contributed by atoms with Gasteiger partial charge < -0.3 is 10.1 Å². The number of aromatic amines is 1. The molecule has 0 aromatic carbocycles. The summed E-state index contributed by atoms with van der Waals surface area (Å²) in [5.41, 5.74) is -1.65. The highest BCUT2D eigenvalue weighted by atomic mass is 79.9. The predicted molar refractivity (Wildman–Crippen MR) is 41.4 cm³/mol. The van der Waals surface area contributed by atoms with E-state index >= 15 is 0 Å². The molecular weight excluding hydrogens is 236 g/mol. The van der Waals surface area contributed by atoms with E-state index in [9.17, 15) is 13.6 Å². The zero-order valence-corrected chi connectivity index (χ0v) is 7.23. The van der Waals surface area contributed by atoms with Gasteiger partial charge in [-0.15, -0.1) is 0 Å². The van der Waals surface area contributed by atoms with Crippen molar-refractivity contribution in [2.75, 3.05) is 0 Å². The van der Waals surface area contributed by atoms with Crippen molar-refractivity contribution in [2.24, 2.45) is 0 Å². The van der Waals surface area contributed by atoms with Gasteiger partial charge in [0.2, 0.25) is 0 Å². The van der Waals surface area contributed by atoms with Crippen molar-refractivity contribution in [3.8, 4) is 5.75 Å². The predicted octanol–water partition coefficient (Wildman–Crippen LogP) is 1.78. The Balaban J connectivity index is 3.33. The molecule has 1 heterocycles. The number of H-pyrrole nitrogens is 1. The maximum Gasteiger partial charge on any atom is 0.269 e. The summed E-state index contributed by atoms with van der Waals surface area (Å²) in [6, 6.07) is 0.730. The molecular formula is C6H4BrF2NO2. The van der Waals surface area contributed by atoms with Crippen molar-refractivity contribution >= 4 is 15.9 Å². The van der Waals surface area contributed by atoms with Gasteiger partial charge in [0.15, 0.2) is 0 Å². The Morgan fingerprint density at radius 2 is 2.17 bits per heavy atom. The van der Waals surface area contributed by atoms with Crippen molar-refractivity contribution in [1.29, 1.82) is 0 Å². The maximum atomic E-state index is 12.0. The molecule has 6 heteroatoms. The maximum absolute atomic E-state index is 12.0. The van der Waals surface area contributed by atoms with Gasteiger partial charge in [-0.2, -0.15) is 0 Å². The van der Waals surface area contributed by atoms with Crippen LogP contribution in [0.15, 0.2) is 15.5 Å². The lowest BCUT2D eigenvalue weighted by Crippen LogP contribution is -2.12. The Bertz CT molecular complexity index is 350. The van der Waals surface area contributed by atoms with Crippen LogP contribution in [0, 0.1) is 0 Å². The number of hydrogen-bond donors (Lipinski definition) is 2. The van der Waals surface area contributed by atoms with Gasteiger partial charge in [-0.1, -0.05) is 0 Å². The van der Waals surface area contributed by atoms with Gasteiger partial charge in [0.1, 0.15) is 10.4 Å². The van der Waals surface area contributed by atoms with E-state index in [0.717, 1.165) is 6.07 Å². The molecule has 0 aliphatic carbocycles. The van der Waals surface area contributed by atoms with Crippen LogP contribution in [0.3, 0.4) is 0 Å². The fraction of sp³-hybridized carbons (Fsp3) is 0.167. The summed E-state index contributed by atoms with van der Waals surface area (Å²) in [4.78, 5) is 12.8. The number of rotatable bonds is 1. The minimum Gasteiger partial charge on any atom is -0.505 e. The summed E-state index contributed by atoms with van der Waals surface area (Å²) in [6.07, 6.45) is -2.88. The molecule has 0 spiro atoms. The number of aromatic hydroxyl groups is 1. The van der Waals surface area contributed by atoms with E-state index in [0.29, 0.717) is 0 Å². The Morgan fingerprint density at radius 3 is 2.67 bits per heavy atom. The van der Waals surface area contributed by atoms with E-state index in [1.165, 1.54) is 0 Å². The Morgan fingerprint density at radius 1 is 1.58 bits per heavy atom. The van der Waals surface area contributed by atoms with Crippen LogP contribution in [-0.2, 0) is 0 Å². The van der Waals surface area contributed by atoms with Gasteiger partial charge in [0.05, 0.1) is 5.56 Å². The van der Waals surface area contributed by atoms with E-state index in [1.807, 2.05) is 4.98 Å². The highest BCUT2D eigenvalue weighted by Gasteiger charge is 2.14. The molecule has 0 bridgehead atoms. The van der Waals surface area contributed by atoms with Crippen LogP contribution in [0.2, 0.25) is 0 Å². The molecule has 0 unspecified atom stereocenters. The number of aromatic nitrogens is 1. The van der Waals surface area contributed by atoms with Gasteiger partial charge in [0, 0.05) is 0 Å². The average Bonchev–Trinajstić information content (AvgIpc) is 1.96. The van der Waals surface area contributed by atoms with E-state index < -0.39 is 23.3 Å². The van der Waals surface area contributed by atoms with Crippen molar-refractivity contribution in [3.63, 3.8) is 0 Å². The zero-order chi connectivity index (χ0) is 9.30. The normalized spacial score (nSPS) is 10.7. The van der Waals surface area contributed by atoms with Crippen molar-refractivity contribution < 1.29 is 13.9 Å². The molecule has 1 rings (SSSR count). The highest BCUT2D eigenvalue weighted by Crippen LogP contribution is 2.23. The first-order valence-corrected chi connectivity index (χ1v) is 3.71. The summed E-state index contributed by atoms with van der Waals surface area (Å²) in [6.45, 7) is 0. The third-order valence-corrected chi connectivity index (χ3v) is 1.84. The summed E-state index contributed by atoms with van der Waals surface area (Å²) in [7, 11) is 0. The van der Waals surface area contributed by atoms with Gasteiger partial charge in [-0.05, 0) is 22.0 Å². The number of alkyl halides is 2. The first kappa shape index (κ1) is 9.18. The van der Waals surface area contributed by atoms with Gasteiger partial charge in [-0.25, -0.2) is 8.78 Å². The molecule has 1 aromatic heterocycles. The summed E-state index contributed by atoms with van der Waals surface area (Å²) in [5.74, 6) is -0.412. The summed E-state index contributed by atoms with van der Waals surface area (Å²) < 4.78 is 24.0. The second kappa shape index (κ2) is 3.22. The first-order valence-electron chi connectivity index (χ1n) is 2.92. The van der Waals surface area contributed by atoms with Crippen molar-refractivity contribution in [1.82, 2.24) is 4.98 Å². The number of halogens is 3. The van der Waals surface area contributed by atoms with Crippen molar-refractivity contribution in [2.45, 2.75) is 6.43 Å². The Labute approximate surface area is 74.2 Å². The van der Waals surface area contributed by atoms with Crippen LogP contribution >= 0.6 is 15.9 Å². The number of nitrogens with one attached hydrogen (secondary N) is 1. The fourth-order valence-electron chi connectivity index (χ4n) is 0.674. The second-order valence-corrected chi connectivity index (χ2v) is 2.85. The average molecular weight is 240 g/mol. The Hall–Kier alpha value is -0.910. The third-order valence-electron chi connectivity index (χ3n) is 1.24. The van der Waals surface area contributed by atoms with Crippen LogP contribution in [0.1, 0.15) is 12.0 Å². The van der Waals surface area contributed by atoms with Crippen LogP contribution in [0.4, 0.5) is 8.78 Å². The molecule has 12 heavy (non-hydrogen) atoms. The van der Waals surface area contributed by atoms with Gasteiger partial charge in [0.25, 0.3) is 12.0 Å². The smallest absolute Gasteiger partial charge is 0.269 e. The molecule has 2 N–H and O–H groups in total. The fourth-order valence-corrected chi connectivity index (χ4v) is 0.969. The molecule has 0 saturated carbocycles. The lowest BCUT2D eigenvalue weighted by Gasteiger charge is -2.00. The highest BCUT2D eigenvalue weighted by molar-refractivity contribution is 9.10. The third kappa shape index (κ3) is 1.63. The molecule has 0 aliphatic rings. The van der Waals surface area contributed by atoms with Crippen LogP contribution < -0.4 is 5.56 Å². The summed E-state index contributed by atoms with van der Waals surface area (Å²) in [5, 5.41) is 8.92. The Kier molecular flexibility index (Phi) is 2.46. The molecule has 66 valence electrons. The molecule has 0 saturated heterocycles. The van der Waals surface area contributed by atoms with E-state index in [-0.39, 0.29) is 4.60 Å². The lowest BCUT2D eigenvalue weighted by molar-refractivity contribution is 0.149. The van der Waals surface area contributed by atoms with Crippen molar-refractivity contribution in [3.05, 3.63) is 26.6 Å². The van der Waals surface area contributed by atoms with Crippen LogP contribution in [0.25, 0.3) is 0 Å². The van der Waals surface area contributed by atoms with E-state index in [4.69, 9.17) is 5.11 Å². The van der Waals surface area contributed by atoms with E-state index in [2.05, 4.69) is 15.9 Å². The number of hydrogen-bond acceptors (Lipinski definition) is 2. The molecule has 0 radical (unpaired) electrons. The molecule has 1 aromatic rings. The minimum absolute atomic E-state index is 0.00287. The van der Waals surface area contributed by atoms with E-state index in [1.54, 1.807) is 0 Å². The molecule has 0 fully saturated rings. The second-order valence-electron chi connectivity index (χ2n) is 2.05. The van der Waals surface area contributed by atoms with Gasteiger partial charge >= 0.3 is 0 Å². The molecule has 0 amide bonds. The van der Waals surface area contributed by atoms with Gasteiger partial charge in [-0.3, -0.25) is 4.79 Å². The molecule has 0 aliphatic heterocycles. The summed E-state index contributed by atoms with van der Waals surface area (Å²) >= 11 is 2.78. The van der Waals surface area contributed by atoms with Crippen LogP contribution in [0.5, 0.6) is 5.75 Å². The molecule has 3 nitrogen and oxygen atoms in total. The zero-order valence-electron chi connectivity index (χ0n) is 5.64. The topological polar surface area (TPSA) is 53.1 Å². The largest absolute Gasteiger partial charge is 0.505 e. The number of pyridine rings is 1. The molecule has 0 atom stereocenters. The SMILES string of the molecule is O=c1[nH]c(Br)c(O)cc1C(F)F. The lowest BCUT2D eigenvalue weighted by atomic mass is 10.3. The van der Waals surface area contributed by atoms with Crippen LogP contribution in [-0.4, -0.2) is 10.1 Å². The standard InChI is InChI=1S/C6H4BrF2NO2/c7-4-3(11)1-2(5(8)9)6(12)10-4/h1,5,11H,(H,10,12). The first-order chi connectivity index (χ1) is 5.52.